The number of Topliss-reactive ketones (excluding diaryl/α,β-unsaturated/α-hetero) is 1. The Hall–Kier alpha value is -1.97. The molecule has 0 amide bonds. The van der Waals surface area contributed by atoms with Crippen molar-refractivity contribution in [1.82, 2.24) is 9.55 Å². The number of ketones is 1. The molecule has 0 saturated heterocycles. The first kappa shape index (κ1) is 12.1. The molecule has 1 rings (SSSR count). The monoisotopic (exact) mass is 218 g/mol. The molecule has 0 fully saturated rings. The van der Waals surface area contributed by atoms with Crippen molar-refractivity contribution in [3.05, 3.63) is 41.1 Å². The molecule has 4 nitrogen and oxygen atoms in total. The molecule has 0 saturated carbocycles. The first-order chi connectivity index (χ1) is 7.47. The van der Waals surface area contributed by atoms with Crippen LogP contribution in [0.1, 0.15) is 25.1 Å². The topological polar surface area (TPSA) is 52.0 Å². The molecule has 0 aliphatic heterocycles. The fourth-order valence-corrected chi connectivity index (χ4v) is 1.38. The normalized spacial score (nSPS) is 9.88. The van der Waals surface area contributed by atoms with Crippen LogP contribution in [-0.4, -0.2) is 15.3 Å². The second kappa shape index (κ2) is 4.70. The van der Waals surface area contributed by atoms with E-state index in [2.05, 4.69) is 18.1 Å². The lowest BCUT2D eigenvalue weighted by molar-refractivity contribution is -0.117. The van der Waals surface area contributed by atoms with E-state index < -0.39 is 0 Å². The summed E-state index contributed by atoms with van der Waals surface area (Å²) < 4.78 is 1.27. The fraction of sp³-hybridized carbons (Fsp3) is 0.250. The van der Waals surface area contributed by atoms with Gasteiger partial charge in [0.1, 0.15) is 5.78 Å². The SMILES string of the molecule is C=Cc1c(C(=C)C)ncn(CC(C)=O)c1=O. The first-order valence-corrected chi connectivity index (χ1v) is 4.84. The smallest absolute Gasteiger partial charge is 0.261 e. The van der Waals surface area contributed by atoms with Crippen LogP contribution < -0.4 is 5.56 Å². The van der Waals surface area contributed by atoms with Crippen LogP contribution in [0.3, 0.4) is 0 Å². The lowest BCUT2D eigenvalue weighted by atomic mass is 10.1. The summed E-state index contributed by atoms with van der Waals surface area (Å²) >= 11 is 0. The van der Waals surface area contributed by atoms with Crippen molar-refractivity contribution in [2.24, 2.45) is 0 Å². The van der Waals surface area contributed by atoms with Crippen molar-refractivity contribution < 1.29 is 4.79 Å². The highest BCUT2D eigenvalue weighted by Crippen LogP contribution is 2.11. The van der Waals surface area contributed by atoms with E-state index in [9.17, 15) is 9.59 Å². The van der Waals surface area contributed by atoms with Crippen LogP contribution in [0.15, 0.2) is 24.3 Å². The Morgan fingerprint density at radius 2 is 2.19 bits per heavy atom. The molecule has 0 aromatic carbocycles. The van der Waals surface area contributed by atoms with Gasteiger partial charge in [-0.3, -0.25) is 14.2 Å². The Kier molecular flexibility index (Phi) is 3.55. The highest BCUT2D eigenvalue weighted by molar-refractivity contribution is 5.75. The molecule has 0 spiro atoms. The van der Waals surface area contributed by atoms with Crippen LogP contribution >= 0.6 is 0 Å². The van der Waals surface area contributed by atoms with Crippen LogP contribution in [-0.2, 0) is 11.3 Å². The Balaban J connectivity index is 3.40. The molecule has 1 heterocycles. The standard InChI is InChI=1S/C12H14N2O2/c1-5-10-11(8(2)3)13-7-14(12(10)16)6-9(4)15/h5,7H,1-2,6H2,3-4H3. The third kappa shape index (κ3) is 2.34. The van der Waals surface area contributed by atoms with Gasteiger partial charge in [0.2, 0.25) is 0 Å². The lowest BCUT2D eigenvalue weighted by Gasteiger charge is -2.07. The molecule has 0 bridgehead atoms. The van der Waals surface area contributed by atoms with Gasteiger partial charge in [0.05, 0.1) is 24.1 Å². The van der Waals surface area contributed by atoms with Gasteiger partial charge in [-0.05, 0) is 19.4 Å². The van der Waals surface area contributed by atoms with Gasteiger partial charge >= 0.3 is 0 Å². The van der Waals surface area contributed by atoms with Crippen LogP contribution in [0.4, 0.5) is 0 Å². The number of hydrogen-bond donors (Lipinski definition) is 0. The van der Waals surface area contributed by atoms with Gasteiger partial charge in [-0.15, -0.1) is 0 Å². The summed E-state index contributed by atoms with van der Waals surface area (Å²) in [5.74, 6) is -0.0954. The summed E-state index contributed by atoms with van der Waals surface area (Å²) in [4.78, 5) is 27.0. The number of carbonyl (C=O) groups excluding carboxylic acids is 1. The van der Waals surface area contributed by atoms with Crippen LogP contribution in [0.25, 0.3) is 11.6 Å². The molecule has 1 aromatic rings. The number of allylic oxidation sites excluding steroid dienone is 1. The van der Waals surface area contributed by atoms with E-state index >= 15 is 0 Å². The molecule has 84 valence electrons. The van der Waals surface area contributed by atoms with Gasteiger partial charge in [0.15, 0.2) is 0 Å². The van der Waals surface area contributed by atoms with Crippen molar-refractivity contribution in [2.45, 2.75) is 20.4 Å². The third-order valence-corrected chi connectivity index (χ3v) is 2.07. The molecule has 16 heavy (non-hydrogen) atoms. The van der Waals surface area contributed by atoms with Gasteiger partial charge in [0, 0.05) is 0 Å². The van der Waals surface area contributed by atoms with Gasteiger partial charge in [-0.2, -0.15) is 0 Å². The largest absolute Gasteiger partial charge is 0.298 e. The van der Waals surface area contributed by atoms with E-state index in [-0.39, 0.29) is 17.9 Å². The number of hydrogen-bond acceptors (Lipinski definition) is 3. The summed E-state index contributed by atoms with van der Waals surface area (Å²) in [5.41, 5.74) is 1.34. The number of rotatable bonds is 4. The molecule has 0 unspecified atom stereocenters. The van der Waals surface area contributed by atoms with E-state index in [0.717, 1.165) is 0 Å². The predicted molar refractivity (Wildman–Crippen MR) is 64.0 cm³/mol. The molecule has 0 aliphatic carbocycles. The van der Waals surface area contributed by atoms with Crippen molar-refractivity contribution >= 4 is 17.4 Å². The summed E-state index contributed by atoms with van der Waals surface area (Å²) in [6.07, 6.45) is 2.80. The second-order valence-corrected chi connectivity index (χ2v) is 3.63. The Labute approximate surface area is 93.9 Å². The maximum absolute atomic E-state index is 11.9. The molecule has 0 atom stereocenters. The Morgan fingerprint density at radius 1 is 1.56 bits per heavy atom. The maximum Gasteiger partial charge on any atom is 0.261 e. The maximum atomic E-state index is 11.9. The number of nitrogens with zero attached hydrogens (tertiary/aromatic N) is 2. The van der Waals surface area contributed by atoms with Gasteiger partial charge in [-0.1, -0.05) is 19.2 Å². The van der Waals surface area contributed by atoms with Crippen molar-refractivity contribution in [1.29, 1.82) is 0 Å². The molecular weight excluding hydrogens is 204 g/mol. The minimum Gasteiger partial charge on any atom is -0.298 e. The van der Waals surface area contributed by atoms with E-state index in [1.807, 2.05) is 0 Å². The quantitative estimate of drug-likeness (QED) is 0.769. The zero-order valence-electron chi connectivity index (χ0n) is 9.49. The second-order valence-electron chi connectivity index (χ2n) is 3.63. The van der Waals surface area contributed by atoms with Crippen LogP contribution in [0.2, 0.25) is 0 Å². The average molecular weight is 218 g/mol. The number of carbonyl (C=O) groups is 1. The average Bonchev–Trinajstić information content (AvgIpc) is 2.19. The summed E-state index contributed by atoms with van der Waals surface area (Å²) in [7, 11) is 0. The molecular formula is C12H14N2O2. The zero-order valence-corrected chi connectivity index (χ0v) is 9.49. The van der Waals surface area contributed by atoms with Crippen molar-refractivity contribution in [2.75, 3.05) is 0 Å². The molecule has 0 N–H and O–H groups in total. The van der Waals surface area contributed by atoms with Crippen LogP contribution in [0, 0.1) is 0 Å². The fourth-order valence-electron chi connectivity index (χ4n) is 1.38. The minimum absolute atomic E-state index is 0.0309. The Bertz CT molecular complexity index is 512. The van der Waals surface area contributed by atoms with Gasteiger partial charge < -0.3 is 0 Å². The van der Waals surface area contributed by atoms with Crippen molar-refractivity contribution in [3.63, 3.8) is 0 Å². The van der Waals surface area contributed by atoms with Crippen molar-refractivity contribution in [3.8, 4) is 0 Å². The van der Waals surface area contributed by atoms with Gasteiger partial charge in [-0.25, -0.2) is 4.98 Å². The zero-order chi connectivity index (χ0) is 12.3. The molecule has 4 heteroatoms. The van der Waals surface area contributed by atoms with E-state index in [4.69, 9.17) is 0 Å². The van der Waals surface area contributed by atoms with E-state index in [1.165, 1.54) is 23.9 Å². The summed E-state index contributed by atoms with van der Waals surface area (Å²) in [5, 5.41) is 0. The molecule has 0 aliphatic rings. The molecule has 1 aromatic heterocycles. The number of aromatic nitrogens is 2. The van der Waals surface area contributed by atoms with E-state index in [0.29, 0.717) is 16.8 Å². The lowest BCUT2D eigenvalue weighted by Crippen LogP contribution is -2.26. The minimum atomic E-state index is -0.266. The van der Waals surface area contributed by atoms with Crippen LogP contribution in [0.5, 0.6) is 0 Å². The first-order valence-electron chi connectivity index (χ1n) is 4.84. The van der Waals surface area contributed by atoms with E-state index in [1.54, 1.807) is 6.92 Å². The highest BCUT2D eigenvalue weighted by atomic mass is 16.1. The summed E-state index contributed by atoms with van der Waals surface area (Å²) in [6, 6.07) is 0. The van der Waals surface area contributed by atoms with Gasteiger partial charge in [0.25, 0.3) is 5.56 Å². The highest BCUT2D eigenvalue weighted by Gasteiger charge is 2.09. The Morgan fingerprint density at radius 3 is 2.62 bits per heavy atom. The summed E-state index contributed by atoms with van der Waals surface area (Å²) in [6.45, 7) is 10.5. The molecule has 0 radical (unpaired) electrons. The predicted octanol–water partition coefficient (Wildman–Crippen LogP) is 1.51. The third-order valence-electron chi connectivity index (χ3n) is 2.07.